The zero-order valence-corrected chi connectivity index (χ0v) is 17.3. The Hall–Kier alpha value is -3.52. The predicted octanol–water partition coefficient (Wildman–Crippen LogP) is 2.53. The second kappa shape index (κ2) is 8.69. The summed E-state index contributed by atoms with van der Waals surface area (Å²) in [5, 5.41) is 11.1. The maximum absolute atomic E-state index is 13.0. The van der Waals surface area contributed by atoms with Crippen LogP contribution in [0.1, 0.15) is 17.2 Å². The summed E-state index contributed by atoms with van der Waals surface area (Å²) in [5.41, 5.74) is 1.02. The van der Waals surface area contributed by atoms with Crippen molar-refractivity contribution >= 4 is 17.4 Å². The SMILES string of the molecule is COCCN1C(=O)C(=O)C(=C(O)c2ccc3c(c2)OCCO3)C1c1cccc(OC)c1. The second-order valence-corrected chi connectivity index (χ2v) is 7.12. The molecule has 0 saturated carbocycles. The molecular weight excluding hydrogens is 402 g/mol. The highest BCUT2D eigenvalue weighted by molar-refractivity contribution is 6.46. The van der Waals surface area contributed by atoms with Gasteiger partial charge in [0.25, 0.3) is 11.7 Å². The van der Waals surface area contributed by atoms with Gasteiger partial charge >= 0.3 is 0 Å². The number of aliphatic hydroxyl groups excluding tert-OH is 1. The lowest BCUT2D eigenvalue weighted by atomic mass is 9.95. The van der Waals surface area contributed by atoms with Gasteiger partial charge in [-0.25, -0.2) is 0 Å². The standard InChI is InChI=1S/C23H23NO7/c1-28-9-8-24-20(14-4-3-5-16(12-14)29-2)19(22(26)23(24)27)21(25)15-6-7-17-18(13-15)31-11-10-30-17/h3-7,12-13,20,25H,8-11H2,1-2H3. The minimum Gasteiger partial charge on any atom is -0.507 e. The number of nitrogens with zero attached hydrogens (tertiary/aromatic N) is 1. The summed E-state index contributed by atoms with van der Waals surface area (Å²) in [6, 6.07) is 11.2. The molecular formula is C23H23NO7. The molecule has 0 aliphatic carbocycles. The topological polar surface area (TPSA) is 94.5 Å². The van der Waals surface area contributed by atoms with E-state index in [1.165, 1.54) is 19.1 Å². The van der Waals surface area contributed by atoms with Gasteiger partial charge in [-0.2, -0.15) is 0 Å². The molecule has 1 atom stereocenters. The molecule has 2 aliphatic rings. The van der Waals surface area contributed by atoms with Gasteiger partial charge in [-0.05, 0) is 35.9 Å². The van der Waals surface area contributed by atoms with E-state index in [0.717, 1.165) is 0 Å². The Bertz CT molecular complexity index is 1050. The number of carbonyl (C=O) groups is 2. The van der Waals surface area contributed by atoms with E-state index < -0.39 is 17.7 Å². The fraction of sp³-hybridized carbons (Fsp3) is 0.304. The van der Waals surface area contributed by atoms with Crippen LogP contribution in [0.4, 0.5) is 0 Å². The number of benzene rings is 2. The molecule has 0 aromatic heterocycles. The number of likely N-dealkylation sites (tertiary alicyclic amines) is 1. The number of amides is 1. The van der Waals surface area contributed by atoms with E-state index >= 15 is 0 Å². The first-order valence-corrected chi connectivity index (χ1v) is 9.86. The smallest absolute Gasteiger partial charge is 0.295 e. The predicted molar refractivity (Wildman–Crippen MR) is 111 cm³/mol. The van der Waals surface area contributed by atoms with Gasteiger partial charge in [0, 0.05) is 19.2 Å². The van der Waals surface area contributed by atoms with Crippen molar-refractivity contribution in [3.63, 3.8) is 0 Å². The van der Waals surface area contributed by atoms with Crippen LogP contribution in [0.5, 0.6) is 17.2 Å². The zero-order valence-electron chi connectivity index (χ0n) is 17.3. The van der Waals surface area contributed by atoms with Gasteiger partial charge in [0.05, 0.1) is 25.3 Å². The monoisotopic (exact) mass is 425 g/mol. The van der Waals surface area contributed by atoms with E-state index in [2.05, 4.69) is 0 Å². The van der Waals surface area contributed by atoms with Gasteiger partial charge in [0.1, 0.15) is 24.7 Å². The van der Waals surface area contributed by atoms with Crippen LogP contribution < -0.4 is 14.2 Å². The number of ketones is 1. The van der Waals surface area contributed by atoms with Crippen molar-refractivity contribution < 1.29 is 33.6 Å². The first kappa shape index (κ1) is 20.7. The quantitative estimate of drug-likeness (QED) is 0.432. The second-order valence-electron chi connectivity index (χ2n) is 7.12. The molecule has 1 amide bonds. The molecule has 31 heavy (non-hydrogen) atoms. The van der Waals surface area contributed by atoms with E-state index in [-0.39, 0.29) is 24.5 Å². The summed E-state index contributed by atoms with van der Waals surface area (Å²) in [4.78, 5) is 27.2. The molecule has 2 aromatic rings. The summed E-state index contributed by atoms with van der Waals surface area (Å²) < 4.78 is 21.5. The lowest BCUT2D eigenvalue weighted by Gasteiger charge is -2.25. The minimum absolute atomic E-state index is 0.00559. The third-order valence-electron chi connectivity index (χ3n) is 5.30. The zero-order chi connectivity index (χ0) is 22.0. The Morgan fingerprint density at radius 1 is 1.10 bits per heavy atom. The summed E-state index contributed by atoms with van der Waals surface area (Å²) in [6.07, 6.45) is 0. The molecule has 0 spiro atoms. The summed E-state index contributed by atoms with van der Waals surface area (Å²) >= 11 is 0. The number of Topliss-reactive ketones (excluding diaryl/α,β-unsaturated/α-hetero) is 1. The molecule has 2 aromatic carbocycles. The molecule has 2 aliphatic heterocycles. The Morgan fingerprint density at radius 2 is 1.87 bits per heavy atom. The van der Waals surface area contributed by atoms with E-state index in [1.54, 1.807) is 42.5 Å². The number of hydrogen-bond donors (Lipinski definition) is 1. The van der Waals surface area contributed by atoms with Crippen molar-refractivity contribution in [3.8, 4) is 17.2 Å². The normalized spacial score (nSPS) is 19.5. The van der Waals surface area contributed by atoms with Crippen LogP contribution in [0.3, 0.4) is 0 Å². The molecule has 0 radical (unpaired) electrons. The van der Waals surface area contributed by atoms with Gasteiger partial charge in [0.15, 0.2) is 11.5 Å². The van der Waals surface area contributed by atoms with Crippen molar-refractivity contribution in [2.45, 2.75) is 6.04 Å². The summed E-state index contributed by atoms with van der Waals surface area (Å²) in [6.45, 7) is 1.28. The summed E-state index contributed by atoms with van der Waals surface area (Å²) in [7, 11) is 3.06. The van der Waals surface area contributed by atoms with Crippen LogP contribution in [0, 0.1) is 0 Å². The Balaban J connectivity index is 1.84. The molecule has 162 valence electrons. The minimum atomic E-state index is -0.779. The van der Waals surface area contributed by atoms with Crippen LogP contribution in [0.25, 0.3) is 5.76 Å². The maximum atomic E-state index is 13.0. The Kier molecular flexibility index (Phi) is 5.81. The number of rotatable bonds is 6. The maximum Gasteiger partial charge on any atom is 0.295 e. The average molecular weight is 425 g/mol. The van der Waals surface area contributed by atoms with Gasteiger partial charge in [0.2, 0.25) is 0 Å². The number of aliphatic hydroxyl groups is 1. The van der Waals surface area contributed by atoms with Crippen LogP contribution in [-0.4, -0.2) is 62.3 Å². The van der Waals surface area contributed by atoms with Crippen molar-refractivity contribution in [2.75, 3.05) is 40.6 Å². The first-order valence-electron chi connectivity index (χ1n) is 9.86. The highest BCUT2D eigenvalue weighted by Crippen LogP contribution is 2.41. The van der Waals surface area contributed by atoms with Crippen molar-refractivity contribution in [1.29, 1.82) is 0 Å². The van der Waals surface area contributed by atoms with Crippen LogP contribution >= 0.6 is 0 Å². The fourth-order valence-electron chi connectivity index (χ4n) is 3.80. The average Bonchev–Trinajstić information content (AvgIpc) is 3.06. The Morgan fingerprint density at radius 3 is 2.61 bits per heavy atom. The van der Waals surface area contributed by atoms with Gasteiger partial charge in [-0.1, -0.05) is 12.1 Å². The molecule has 1 fully saturated rings. The number of carbonyl (C=O) groups excluding carboxylic acids is 2. The van der Waals surface area contributed by atoms with Crippen LogP contribution in [0.15, 0.2) is 48.0 Å². The number of methoxy groups -OCH3 is 2. The third-order valence-corrected chi connectivity index (χ3v) is 5.30. The summed E-state index contributed by atoms with van der Waals surface area (Å²) in [5.74, 6) is -0.105. The van der Waals surface area contributed by atoms with Crippen molar-refractivity contribution in [1.82, 2.24) is 4.90 Å². The van der Waals surface area contributed by atoms with Crippen LogP contribution in [-0.2, 0) is 14.3 Å². The van der Waals surface area contributed by atoms with E-state index in [1.807, 2.05) is 0 Å². The Labute approximate surface area is 179 Å². The molecule has 2 heterocycles. The molecule has 1 N–H and O–H groups in total. The van der Waals surface area contributed by atoms with E-state index in [0.29, 0.717) is 41.6 Å². The number of ether oxygens (including phenoxy) is 4. The van der Waals surface area contributed by atoms with Gasteiger partial charge < -0.3 is 29.0 Å². The van der Waals surface area contributed by atoms with Crippen molar-refractivity contribution in [2.24, 2.45) is 0 Å². The molecule has 0 bridgehead atoms. The molecule has 1 saturated heterocycles. The molecule has 8 nitrogen and oxygen atoms in total. The van der Waals surface area contributed by atoms with E-state index in [9.17, 15) is 14.7 Å². The lowest BCUT2D eigenvalue weighted by molar-refractivity contribution is -0.140. The number of hydrogen-bond acceptors (Lipinski definition) is 7. The van der Waals surface area contributed by atoms with E-state index in [4.69, 9.17) is 18.9 Å². The van der Waals surface area contributed by atoms with Crippen LogP contribution in [0.2, 0.25) is 0 Å². The third kappa shape index (κ3) is 3.82. The lowest BCUT2D eigenvalue weighted by Crippen LogP contribution is -2.32. The first-order chi connectivity index (χ1) is 15.0. The highest BCUT2D eigenvalue weighted by atomic mass is 16.6. The molecule has 4 rings (SSSR count). The highest BCUT2D eigenvalue weighted by Gasteiger charge is 2.46. The molecule has 8 heteroatoms. The van der Waals surface area contributed by atoms with Gasteiger partial charge in [-0.3, -0.25) is 9.59 Å². The van der Waals surface area contributed by atoms with Gasteiger partial charge in [-0.15, -0.1) is 0 Å². The fourth-order valence-corrected chi connectivity index (χ4v) is 3.80. The van der Waals surface area contributed by atoms with Crippen molar-refractivity contribution in [3.05, 3.63) is 59.2 Å². The largest absolute Gasteiger partial charge is 0.507 e. The molecule has 1 unspecified atom stereocenters. The number of fused-ring (bicyclic) bond motifs is 1.